The number of nitrogens with zero attached hydrogens (tertiary/aromatic N) is 2. The highest BCUT2D eigenvalue weighted by Gasteiger charge is 2.41. The predicted molar refractivity (Wildman–Crippen MR) is 110 cm³/mol. The van der Waals surface area contributed by atoms with Crippen LogP contribution < -0.4 is 15.1 Å². The standard InChI is InChI=1S/C18H30N2O3Si3/c1-8-25(4,5)23-26(6,7)15-14-24(2,3)17-18(21)22-19-20(17)16-12-10-9-11-13-16/h8-13H,1,14-15H2,2-7H3. The Morgan fingerprint density at radius 2 is 1.73 bits per heavy atom. The van der Waals surface area contributed by atoms with Crippen LogP contribution in [0.15, 0.2) is 47.1 Å². The van der Waals surface area contributed by atoms with E-state index in [4.69, 9.17) is 8.64 Å². The van der Waals surface area contributed by atoms with Crippen molar-refractivity contribution in [1.29, 1.82) is 0 Å². The number of rotatable bonds is 8. The van der Waals surface area contributed by atoms with E-state index in [-0.39, 0.29) is 5.95 Å². The molecule has 0 saturated heterocycles. The van der Waals surface area contributed by atoms with Gasteiger partial charge in [0.1, 0.15) is 5.95 Å². The number of hydrogen-bond acceptors (Lipinski definition) is 4. The molecule has 0 atom stereocenters. The summed E-state index contributed by atoms with van der Waals surface area (Å²) in [6, 6.07) is 11.7. The summed E-state index contributed by atoms with van der Waals surface area (Å²) < 4.78 is 13.2. The van der Waals surface area contributed by atoms with E-state index in [1.807, 2.05) is 36.0 Å². The Labute approximate surface area is 159 Å². The lowest BCUT2D eigenvalue weighted by molar-refractivity contribution is -0.654. The Morgan fingerprint density at radius 1 is 1.12 bits per heavy atom. The van der Waals surface area contributed by atoms with Gasteiger partial charge in [0, 0.05) is 12.1 Å². The predicted octanol–water partition coefficient (Wildman–Crippen LogP) is 3.09. The molecule has 1 aromatic carbocycles. The normalized spacial score (nSPS) is 13.0. The summed E-state index contributed by atoms with van der Waals surface area (Å²) in [5, 5.41) is 17.1. The van der Waals surface area contributed by atoms with Crippen molar-refractivity contribution in [1.82, 2.24) is 5.27 Å². The molecule has 0 amide bonds. The minimum absolute atomic E-state index is 0.313. The maximum Gasteiger partial charge on any atom is 0.239 e. The third kappa shape index (κ3) is 5.03. The fourth-order valence-corrected chi connectivity index (χ4v) is 16.0. The van der Waals surface area contributed by atoms with E-state index in [1.54, 1.807) is 4.68 Å². The summed E-state index contributed by atoms with van der Waals surface area (Å²) in [4.78, 5) is 0. The lowest BCUT2D eigenvalue weighted by atomic mass is 10.3. The van der Waals surface area contributed by atoms with Crippen molar-refractivity contribution in [3.05, 3.63) is 42.6 Å². The summed E-state index contributed by atoms with van der Waals surface area (Å²) in [5.74, 6) is -0.313. The van der Waals surface area contributed by atoms with Crippen molar-refractivity contribution in [2.45, 2.75) is 51.4 Å². The van der Waals surface area contributed by atoms with Crippen LogP contribution in [-0.4, -0.2) is 30.0 Å². The van der Waals surface area contributed by atoms with Crippen LogP contribution in [0.2, 0.25) is 51.4 Å². The lowest BCUT2D eigenvalue weighted by Crippen LogP contribution is -2.61. The topological polar surface area (TPSA) is 62.2 Å². The Hall–Kier alpha value is -1.49. The van der Waals surface area contributed by atoms with E-state index >= 15 is 0 Å². The smallest absolute Gasteiger partial charge is 0.239 e. The van der Waals surface area contributed by atoms with Crippen molar-refractivity contribution in [2.75, 3.05) is 0 Å². The summed E-state index contributed by atoms with van der Waals surface area (Å²) in [7, 11) is -5.70. The lowest BCUT2D eigenvalue weighted by Gasteiger charge is -2.33. The molecule has 0 saturated carbocycles. The number of benzene rings is 1. The van der Waals surface area contributed by atoms with Gasteiger partial charge in [0.05, 0.1) is 5.27 Å². The summed E-state index contributed by atoms with van der Waals surface area (Å²) in [6.07, 6.45) is 0. The monoisotopic (exact) mass is 406 g/mol. The average molecular weight is 407 g/mol. The average Bonchev–Trinajstić information content (AvgIpc) is 2.96. The van der Waals surface area contributed by atoms with Crippen molar-refractivity contribution >= 4 is 30.0 Å². The van der Waals surface area contributed by atoms with Gasteiger partial charge in [0.2, 0.25) is 11.0 Å². The summed E-state index contributed by atoms with van der Waals surface area (Å²) >= 11 is 0. The van der Waals surface area contributed by atoms with Gasteiger partial charge in [-0.15, -0.1) is 6.58 Å². The largest absolute Gasteiger partial charge is 0.539 e. The molecule has 0 aliphatic carbocycles. The van der Waals surface area contributed by atoms with Gasteiger partial charge in [-0.1, -0.05) is 37.0 Å². The first-order chi connectivity index (χ1) is 12.0. The van der Waals surface area contributed by atoms with E-state index in [1.165, 1.54) is 0 Å². The molecule has 0 unspecified atom stereocenters. The number of aromatic nitrogens is 2. The molecular weight excluding hydrogens is 376 g/mol. The Morgan fingerprint density at radius 3 is 2.31 bits per heavy atom. The van der Waals surface area contributed by atoms with Crippen molar-refractivity contribution in [2.24, 2.45) is 0 Å². The number of para-hydroxylation sites is 1. The molecule has 1 aromatic heterocycles. The Kier molecular flexibility index (Phi) is 6.11. The third-order valence-electron chi connectivity index (χ3n) is 4.64. The molecule has 1 heterocycles. The van der Waals surface area contributed by atoms with Gasteiger partial charge >= 0.3 is 0 Å². The molecule has 0 aliphatic rings. The van der Waals surface area contributed by atoms with E-state index in [2.05, 4.69) is 51.1 Å². The first-order valence-electron chi connectivity index (χ1n) is 8.96. The van der Waals surface area contributed by atoms with Crippen molar-refractivity contribution in [3.63, 3.8) is 0 Å². The first kappa shape index (κ1) is 20.8. The quantitative estimate of drug-likeness (QED) is 0.499. The molecule has 0 N–H and O–H groups in total. The van der Waals surface area contributed by atoms with Crippen LogP contribution in [0.5, 0.6) is 5.95 Å². The highest BCUT2D eigenvalue weighted by atomic mass is 28.4. The molecule has 0 spiro atoms. The molecule has 142 valence electrons. The first-order valence-corrected chi connectivity index (χ1v) is 18.3. The van der Waals surface area contributed by atoms with Crippen LogP contribution in [-0.2, 0) is 4.12 Å². The zero-order valence-electron chi connectivity index (χ0n) is 16.7. The van der Waals surface area contributed by atoms with Crippen LogP contribution in [0, 0.1) is 0 Å². The van der Waals surface area contributed by atoms with Crippen LogP contribution in [0.25, 0.3) is 5.69 Å². The minimum Gasteiger partial charge on any atom is -0.539 e. The summed E-state index contributed by atoms with van der Waals surface area (Å²) in [5.41, 5.74) is 2.85. The molecule has 0 fully saturated rings. The third-order valence-corrected chi connectivity index (χ3v) is 15.1. The minimum atomic E-state index is -2.06. The van der Waals surface area contributed by atoms with Crippen LogP contribution in [0.1, 0.15) is 0 Å². The molecule has 26 heavy (non-hydrogen) atoms. The SMILES string of the molecule is C=C[Si](C)(C)O[Si](C)(C)CC[Si](C)(C)c1c([O-])on[n+]1-c1ccccc1. The van der Waals surface area contributed by atoms with E-state index < -0.39 is 24.7 Å². The highest BCUT2D eigenvalue weighted by Crippen LogP contribution is 2.25. The van der Waals surface area contributed by atoms with Crippen LogP contribution in [0.3, 0.4) is 0 Å². The van der Waals surface area contributed by atoms with Crippen molar-refractivity contribution in [3.8, 4) is 11.6 Å². The van der Waals surface area contributed by atoms with Crippen LogP contribution in [0.4, 0.5) is 0 Å². The Bertz CT molecular complexity index is 758. The molecule has 5 nitrogen and oxygen atoms in total. The highest BCUT2D eigenvalue weighted by molar-refractivity contribution is 6.92. The van der Waals surface area contributed by atoms with E-state index in [9.17, 15) is 5.11 Å². The van der Waals surface area contributed by atoms with E-state index in [0.717, 1.165) is 17.8 Å². The molecule has 2 rings (SSSR count). The van der Waals surface area contributed by atoms with Gasteiger partial charge in [0.25, 0.3) is 0 Å². The molecular formula is C18H30N2O3Si3. The molecule has 8 heteroatoms. The molecule has 2 aromatic rings. The van der Waals surface area contributed by atoms with Crippen LogP contribution >= 0.6 is 0 Å². The molecule has 0 radical (unpaired) electrons. The Balaban J connectivity index is 2.23. The van der Waals surface area contributed by atoms with Gasteiger partial charge in [-0.05, 0) is 43.0 Å². The van der Waals surface area contributed by atoms with Gasteiger partial charge in [-0.25, -0.2) is 0 Å². The van der Waals surface area contributed by atoms with Gasteiger partial charge in [-0.2, -0.15) is 0 Å². The fraction of sp³-hybridized carbons (Fsp3) is 0.444. The van der Waals surface area contributed by atoms with Crippen molar-refractivity contribution < 1.29 is 18.4 Å². The fourth-order valence-electron chi connectivity index (χ4n) is 3.09. The van der Waals surface area contributed by atoms with Gasteiger partial charge in [-0.3, -0.25) is 0 Å². The second-order valence-corrected chi connectivity index (χ2v) is 21.7. The number of hydrogen-bond donors (Lipinski definition) is 0. The molecule has 0 bridgehead atoms. The summed E-state index contributed by atoms with van der Waals surface area (Å²) in [6.45, 7) is 17.2. The maximum absolute atomic E-state index is 12.4. The zero-order chi connectivity index (χ0) is 19.6. The second kappa shape index (κ2) is 7.63. The van der Waals surface area contributed by atoms with E-state index in [0.29, 0.717) is 5.32 Å². The van der Waals surface area contributed by atoms with Gasteiger partial charge in [0.15, 0.2) is 24.7 Å². The molecule has 0 aliphatic heterocycles. The second-order valence-electron chi connectivity index (χ2n) is 8.51. The van der Waals surface area contributed by atoms with Gasteiger partial charge < -0.3 is 13.7 Å². The maximum atomic E-state index is 12.4. The zero-order valence-corrected chi connectivity index (χ0v) is 19.7.